The van der Waals surface area contributed by atoms with E-state index in [-0.39, 0.29) is 0 Å². The minimum Gasteiger partial charge on any atom is -0.211 e. The summed E-state index contributed by atoms with van der Waals surface area (Å²) < 4.78 is 0. The zero-order valence-electron chi connectivity index (χ0n) is 9.06. The Morgan fingerprint density at radius 3 is 2.12 bits per heavy atom. The summed E-state index contributed by atoms with van der Waals surface area (Å²) in [4.78, 5) is 27.8. The predicted octanol–water partition coefficient (Wildman–Crippen LogP) is 2.96. The summed E-state index contributed by atoms with van der Waals surface area (Å²) in [6.45, 7) is 2.06. The minimum absolute atomic E-state index is 0.528. The van der Waals surface area contributed by atoms with Crippen molar-refractivity contribution in [3.05, 3.63) is 23.8 Å². The normalized spacial score (nSPS) is 9.06. The van der Waals surface area contributed by atoms with E-state index in [9.17, 15) is 9.59 Å². The van der Waals surface area contributed by atoms with E-state index in [0.717, 1.165) is 24.8 Å². The summed E-state index contributed by atoms with van der Waals surface area (Å²) in [5.74, 6) is 0. The summed E-state index contributed by atoms with van der Waals surface area (Å²) in [7, 11) is 0. The third-order valence-corrected chi connectivity index (χ3v) is 2.24. The molecule has 0 unspecified atom stereocenters. The van der Waals surface area contributed by atoms with Crippen LogP contribution in [0.4, 0.5) is 11.4 Å². The highest BCUT2D eigenvalue weighted by atomic mass is 16.1. The van der Waals surface area contributed by atoms with Crippen LogP contribution in [-0.2, 0) is 16.0 Å². The molecule has 0 radical (unpaired) electrons. The van der Waals surface area contributed by atoms with Crippen LogP contribution in [0.5, 0.6) is 0 Å². The fraction of sp³-hybridized carbons (Fsp3) is 0.333. The Labute approximate surface area is 93.7 Å². The van der Waals surface area contributed by atoms with Crippen LogP contribution in [0.2, 0.25) is 0 Å². The molecule has 0 aliphatic carbocycles. The summed E-state index contributed by atoms with van der Waals surface area (Å²) in [5, 5.41) is 0. The van der Waals surface area contributed by atoms with Gasteiger partial charge in [-0.25, -0.2) is 9.59 Å². The number of unbranched alkanes of at least 4 members (excludes halogenated alkanes) is 1. The molecule has 1 aromatic carbocycles. The summed E-state index contributed by atoms with van der Waals surface area (Å²) >= 11 is 0. The van der Waals surface area contributed by atoms with Gasteiger partial charge in [0.05, 0.1) is 11.4 Å². The number of aliphatic imine (C=N–C) groups is 2. The van der Waals surface area contributed by atoms with E-state index in [1.807, 2.05) is 0 Å². The first-order valence-corrected chi connectivity index (χ1v) is 5.11. The second-order valence-corrected chi connectivity index (χ2v) is 3.28. The molecule has 0 aliphatic rings. The third kappa shape index (κ3) is 2.99. The Hall–Kier alpha value is -2.02. The maximum Gasteiger partial charge on any atom is 0.240 e. The van der Waals surface area contributed by atoms with Gasteiger partial charge in [-0.2, -0.15) is 9.98 Å². The molecule has 0 heterocycles. The number of nitrogens with zero attached hydrogens (tertiary/aromatic N) is 2. The molecule has 4 nitrogen and oxygen atoms in total. The molecule has 4 heteroatoms. The quantitative estimate of drug-likeness (QED) is 0.561. The average molecular weight is 216 g/mol. The van der Waals surface area contributed by atoms with Crippen LogP contribution in [0.25, 0.3) is 0 Å². The molecule has 0 saturated carbocycles. The topological polar surface area (TPSA) is 58.9 Å². The van der Waals surface area contributed by atoms with E-state index in [4.69, 9.17) is 0 Å². The lowest BCUT2D eigenvalue weighted by molar-refractivity contribution is 0.565. The van der Waals surface area contributed by atoms with E-state index in [1.165, 1.54) is 12.2 Å². The number of isocyanates is 2. The van der Waals surface area contributed by atoms with E-state index >= 15 is 0 Å². The molecular formula is C12H12N2O2. The van der Waals surface area contributed by atoms with Crippen molar-refractivity contribution in [2.45, 2.75) is 26.2 Å². The van der Waals surface area contributed by atoms with Gasteiger partial charge in [0, 0.05) is 5.56 Å². The molecular weight excluding hydrogens is 204 g/mol. The Bertz CT molecular complexity index is 420. The molecule has 0 bridgehead atoms. The molecule has 1 rings (SSSR count). The van der Waals surface area contributed by atoms with Crippen molar-refractivity contribution >= 4 is 23.5 Å². The Balaban J connectivity index is 3.21. The highest BCUT2D eigenvalue weighted by Gasteiger charge is 2.06. The Morgan fingerprint density at radius 2 is 1.69 bits per heavy atom. The molecule has 0 aliphatic heterocycles. The van der Waals surface area contributed by atoms with Crippen molar-refractivity contribution < 1.29 is 9.59 Å². The van der Waals surface area contributed by atoms with Gasteiger partial charge in [0.2, 0.25) is 12.2 Å². The predicted molar refractivity (Wildman–Crippen MR) is 60.6 cm³/mol. The van der Waals surface area contributed by atoms with Crippen molar-refractivity contribution in [2.24, 2.45) is 9.98 Å². The van der Waals surface area contributed by atoms with Crippen LogP contribution >= 0.6 is 0 Å². The number of hydrogen-bond acceptors (Lipinski definition) is 4. The van der Waals surface area contributed by atoms with Crippen molar-refractivity contribution in [3.63, 3.8) is 0 Å². The van der Waals surface area contributed by atoms with Crippen molar-refractivity contribution in [3.8, 4) is 0 Å². The number of rotatable bonds is 5. The fourth-order valence-corrected chi connectivity index (χ4v) is 1.48. The molecule has 0 amide bonds. The van der Waals surface area contributed by atoms with E-state index < -0.39 is 0 Å². The fourth-order valence-electron chi connectivity index (χ4n) is 1.48. The second-order valence-electron chi connectivity index (χ2n) is 3.28. The van der Waals surface area contributed by atoms with Gasteiger partial charge in [-0.3, -0.25) is 0 Å². The van der Waals surface area contributed by atoms with Gasteiger partial charge < -0.3 is 0 Å². The molecule has 1 aromatic rings. The monoisotopic (exact) mass is 216 g/mol. The van der Waals surface area contributed by atoms with Crippen LogP contribution in [0.3, 0.4) is 0 Å². The van der Waals surface area contributed by atoms with Gasteiger partial charge in [0.25, 0.3) is 0 Å². The van der Waals surface area contributed by atoms with Crippen molar-refractivity contribution in [1.29, 1.82) is 0 Å². The average Bonchev–Trinajstić information content (AvgIpc) is 2.29. The van der Waals surface area contributed by atoms with Crippen molar-refractivity contribution in [2.75, 3.05) is 0 Å². The van der Waals surface area contributed by atoms with Crippen LogP contribution in [0, 0.1) is 0 Å². The van der Waals surface area contributed by atoms with E-state index in [2.05, 4.69) is 16.9 Å². The van der Waals surface area contributed by atoms with Gasteiger partial charge in [0.1, 0.15) is 0 Å². The number of benzene rings is 1. The Morgan fingerprint density at radius 1 is 1.12 bits per heavy atom. The maximum absolute atomic E-state index is 10.3. The summed E-state index contributed by atoms with van der Waals surface area (Å²) in [5.41, 5.74) is 1.86. The summed E-state index contributed by atoms with van der Waals surface area (Å²) in [6.07, 6.45) is 5.71. The Kier molecular flexibility index (Phi) is 4.87. The standard InChI is InChI=1S/C12H12N2O2/c1-2-3-5-10-11(13-8-15)6-4-7-12(10)14-9-16/h4,6-7H,2-3,5H2,1H3. The van der Waals surface area contributed by atoms with Crippen LogP contribution < -0.4 is 0 Å². The maximum atomic E-state index is 10.3. The van der Waals surface area contributed by atoms with Gasteiger partial charge in [-0.15, -0.1) is 0 Å². The molecule has 0 fully saturated rings. The van der Waals surface area contributed by atoms with Crippen LogP contribution in [0.1, 0.15) is 25.3 Å². The molecule has 0 aromatic heterocycles. The lowest BCUT2D eigenvalue weighted by atomic mass is 10.0. The molecule has 82 valence electrons. The first-order chi connectivity index (χ1) is 7.83. The van der Waals surface area contributed by atoms with Crippen LogP contribution in [-0.4, -0.2) is 12.2 Å². The minimum atomic E-state index is 0.528. The third-order valence-electron chi connectivity index (χ3n) is 2.24. The van der Waals surface area contributed by atoms with Gasteiger partial charge in [-0.05, 0) is 25.0 Å². The highest BCUT2D eigenvalue weighted by molar-refractivity contribution is 5.65. The molecule has 0 N–H and O–H groups in total. The number of hydrogen-bond donors (Lipinski definition) is 0. The highest BCUT2D eigenvalue weighted by Crippen LogP contribution is 2.30. The van der Waals surface area contributed by atoms with E-state index in [1.54, 1.807) is 18.2 Å². The molecule has 16 heavy (non-hydrogen) atoms. The van der Waals surface area contributed by atoms with Gasteiger partial charge in [0.15, 0.2) is 0 Å². The first kappa shape index (κ1) is 12.1. The second kappa shape index (κ2) is 6.46. The first-order valence-electron chi connectivity index (χ1n) is 5.11. The molecule has 0 saturated heterocycles. The zero-order valence-corrected chi connectivity index (χ0v) is 9.06. The summed E-state index contributed by atoms with van der Waals surface area (Å²) in [6, 6.07) is 5.11. The van der Waals surface area contributed by atoms with Gasteiger partial charge >= 0.3 is 0 Å². The SMILES string of the molecule is CCCCc1c(N=C=O)cccc1N=C=O. The zero-order chi connectivity index (χ0) is 11.8. The number of carbonyl (C=O) groups excluding carboxylic acids is 2. The molecule has 0 spiro atoms. The van der Waals surface area contributed by atoms with Crippen LogP contribution in [0.15, 0.2) is 28.2 Å². The lowest BCUT2D eigenvalue weighted by Crippen LogP contribution is -1.87. The molecule has 0 atom stereocenters. The lowest BCUT2D eigenvalue weighted by Gasteiger charge is -2.06. The van der Waals surface area contributed by atoms with Gasteiger partial charge in [-0.1, -0.05) is 19.4 Å². The van der Waals surface area contributed by atoms with Crippen molar-refractivity contribution in [1.82, 2.24) is 0 Å². The smallest absolute Gasteiger partial charge is 0.211 e. The van der Waals surface area contributed by atoms with E-state index in [0.29, 0.717) is 11.4 Å². The largest absolute Gasteiger partial charge is 0.240 e.